The molecule has 1 aliphatic carbocycles. The van der Waals surface area contributed by atoms with Crippen LogP contribution in [-0.2, 0) is 28.8 Å². The highest BCUT2D eigenvalue weighted by molar-refractivity contribution is 5.94. The van der Waals surface area contributed by atoms with Gasteiger partial charge in [0.25, 0.3) is 0 Å². The highest BCUT2D eigenvalue weighted by Gasteiger charge is 2.27. The van der Waals surface area contributed by atoms with Gasteiger partial charge in [-0.25, -0.2) is 9.36 Å². The molecule has 1 N–H and O–H groups in total. The Kier molecular flexibility index (Phi) is 4.11. The van der Waals surface area contributed by atoms with Crippen molar-refractivity contribution in [3.63, 3.8) is 0 Å². The van der Waals surface area contributed by atoms with Gasteiger partial charge < -0.3 is 9.84 Å². The van der Waals surface area contributed by atoms with Crippen molar-refractivity contribution in [1.29, 1.82) is 0 Å². The van der Waals surface area contributed by atoms with Crippen LogP contribution in [0.15, 0.2) is 18.2 Å². The number of carbonyl (C=O) groups excluding carboxylic acids is 1. The minimum absolute atomic E-state index is 0.0555. The Balaban J connectivity index is 2.16. The van der Waals surface area contributed by atoms with Gasteiger partial charge in [0.15, 0.2) is 0 Å². The average Bonchev–Trinajstić information content (AvgIpc) is 2.78. The van der Waals surface area contributed by atoms with Crippen LogP contribution < -0.4 is 0 Å². The molecule has 0 radical (unpaired) electrons. The number of aryl methyl sites for hydroxylation is 1. The first-order valence-corrected chi connectivity index (χ1v) is 8.36. The zero-order valence-corrected chi connectivity index (χ0v) is 14.4. The van der Waals surface area contributed by atoms with Crippen molar-refractivity contribution < 1.29 is 19.4 Å². The molecule has 1 aromatic heterocycles. The van der Waals surface area contributed by atoms with E-state index in [1.165, 1.54) is 5.56 Å². The Morgan fingerprint density at radius 2 is 1.92 bits per heavy atom. The minimum atomic E-state index is -0.880. The number of hydrogen-bond donors (Lipinski definition) is 1. The van der Waals surface area contributed by atoms with Crippen LogP contribution in [0.4, 0.5) is 4.79 Å². The van der Waals surface area contributed by atoms with E-state index in [9.17, 15) is 9.59 Å². The number of carboxylic acids is 1. The van der Waals surface area contributed by atoms with Crippen LogP contribution in [0.1, 0.15) is 50.4 Å². The summed E-state index contributed by atoms with van der Waals surface area (Å²) < 4.78 is 7.24. The molecule has 3 rings (SSSR count). The molecular weight excluding hydrogens is 306 g/mol. The van der Waals surface area contributed by atoms with E-state index in [2.05, 4.69) is 0 Å². The summed E-state index contributed by atoms with van der Waals surface area (Å²) in [5, 5.41) is 10.1. The second kappa shape index (κ2) is 5.96. The molecule has 0 amide bonds. The molecule has 1 heterocycles. The van der Waals surface area contributed by atoms with E-state index in [1.54, 1.807) is 4.57 Å². The van der Waals surface area contributed by atoms with Crippen molar-refractivity contribution >= 4 is 23.0 Å². The van der Waals surface area contributed by atoms with Crippen LogP contribution in [0.5, 0.6) is 0 Å². The molecule has 0 bridgehead atoms. The molecule has 0 spiro atoms. The third-order valence-corrected chi connectivity index (χ3v) is 4.27. The Morgan fingerprint density at radius 1 is 1.21 bits per heavy atom. The van der Waals surface area contributed by atoms with E-state index >= 15 is 0 Å². The molecule has 0 saturated heterocycles. The maximum Gasteiger partial charge on any atom is 0.419 e. The Morgan fingerprint density at radius 3 is 2.58 bits per heavy atom. The van der Waals surface area contributed by atoms with Gasteiger partial charge in [-0.2, -0.15) is 0 Å². The summed E-state index contributed by atoms with van der Waals surface area (Å²) >= 11 is 0. The zero-order valence-electron chi connectivity index (χ0n) is 14.4. The maximum atomic E-state index is 12.8. The number of fused-ring (bicyclic) bond motifs is 3. The zero-order chi connectivity index (χ0) is 17.5. The number of aromatic nitrogens is 1. The third kappa shape index (κ3) is 3.16. The van der Waals surface area contributed by atoms with Gasteiger partial charge in [0.1, 0.15) is 5.60 Å². The number of carboxylic acid groups (broad SMARTS) is 1. The molecule has 5 heteroatoms. The van der Waals surface area contributed by atoms with Crippen LogP contribution in [0.25, 0.3) is 10.9 Å². The quantitative estimate of drug-likeness (QED) is 0.906. The van der Waals surface area contributed by atoms with E-state index in [-0.39, 0.29) is 12.5 Å². The lowest BCUT2D eigenvalue weighted by molar-refractivity contribution is -0.136. The summed E-state index contributed by atoms with van der Waals surface area (Å²) in [5.41, 5.74) is 3.08. The lowest BCUT2D eigenvalue weighted by Crippen LogP contribution is -2.28. The highest BCUT2D eigenvalue weighted by Crippen LogP contribution is 2.33. The molecule has 0 saturated carbocycles. The molecule has 5 nitrogen and oxygen atoms in total. The number of aliphatic carboxylic acids is 1. The Hall–Kier alpha value is -2.30. The van der Waals surface area contributed by atoms with Crippen molar-refractivity contribution in [2.24, 2.45) is 0 Å². The molecule has 1 aromatic carbocycles. The Labute approximate surface area is 141 Å². The molecule has 0 atom stereocenters. The summed E-state index contributed by atoms with van der Waals surface area (Å²) in [6.07, 6.45) is 3.51. The summed E-state index contributed by atoms with van der Waals surface area (Å²) in [6, 6.07) is 5.59. The normalized spacial score (nSPS) is 14.5. The third-order valence-electron chi connectivity index (χ3n) is 4.27. The average molecular weight is 329 g/mol. The molecule has 0 aliphatic heterocycles. The van der Waals surface area contributed by atoms with Gasteiger partial charge in [-0.15, -0.1) is 0 Å². The van der Waals surface area contributed by atoms with Crippen LogP contribution in [0.2, 0.25) is 0 Å². The second-order valence-electron chi connectivity index (χ2n) is 7.37. The second-order valence-corrected chi connectivity index (χ2v) is 7.37. The number of benzene rings is 1. The van der Waals surface area contributed by atoms with E-state index in [0.717, 1.165) is 42.3 Å². The molecule has 0 fully saturated rings. The molecule has 0 unspecified atom stereocenters. The fraction of sp³-hybridized carbons (Fsp3) is 0.474. The summed E-state index contributed by atoms with van der Waals surface area (Å²) in [7, 11) is 0. The lowest BCUT2D eigenvalue weighted by Gasteiger charge is -2.22. The molecule has 128 valence electrons. The number of ether oxygens (including phenoxy) is 1. The number of nitrogens with zero attached hydrogens (tertiary/aromatic N) is 1. The molecule has 2 aromatic rings. The van der Waals surface area contributed by atoms with Gasteiger partial charge in [-0.1, -0.05) is 12.1 Å². The van der Waals surface area contributed by atoms with Gasteiger partial charge in [0.05, 0.1) is 11.9 Å². The van der Waals surface area contributed by atoms with Crippen molar-refractivity contribution in [3.8, 4) is 0 Å². The van der Waals surface area contributed by atoms with Crippen LogP contribution >= 0.6 is 0 Å². The van der Waals surface area contributed by atoms with Crippen molar-refractivity contribution in [2.45, 2.75) is 58.5 Å². The molecule has 1 aliphatic rings. The topological polar surface area (TPSA) is 68.5 Å². The summed E-state index contributed by atoms with van der Waals surface area (Å²) in [5.74, 6) is -0.880. The first kappa shape index (κ1) is 16.6. The number of rotatable bonds is 2. The predicted octanol–water partition coefficient (Wildman–Crippen LogP) is 3.93. The standard InChI is InChI=1S/C19H23NO4/c1-19(2,3)24-18(23)20-15-7-5-4-6-13(15)14-9-8-12(10-16(14)20)11-17(21)22/h8-10H,4-7,11H2,1-3H3,(H,21,22). The monoisotopic (exact) mass is 329 g/mol. The first-order chi connectivity index (χ1) is 11.3. The van der Waals surface area contributed by atoms with Crippen LogP contribution in [0.3, 0.4) is 0 Å². The fourth-order valence-corrected chi connectivity index (χ4v) is 3.39. The lowest BCUT2D eigenvalue weighted by atomic mass is 9.95. The van der Waals surface area contributed by atoms with Crippen molar-refractivity contribution in [1.82, 2.24) is 4.57 Å². The SMILES string of the molecule is CC(C)(C)OC(=O)n1c2c(c3ccc(CC(=O)O)cc31)CCCC2. The van der Waals surface area contributed by atoms with Crippen molar-refractivity contribution in [3.05, 3.63) is 35.0 Å². The van der Waals surface area contributed by atoms with E-state index < -0.39 is 11.6 Å². The number of carbonyl (C=O) groups is 2. The van der Waals surface area contributed by atoms with Gasteiger partial charge in [-0.05, 0) is 63.6 Å². The minimum Gasteiger partial charge on any atom is -0.481 e. The van der Waals surface area contributed by atoms with E-state index in [1.807, 2.05) is 39.0 Å². The van der Waals surface area contributed by atoms with Gasteiger partial charge in [0.2, 0.25) is 0 Å². The predicted molar refractivity (Wildman–Crippen MR) is 91.6 cm³/mol. The van der Waals surface area contributed by atoms with Gasteiger partial charge >= 0.3 is 12.1 Å². The van der Waals surface area contributed by atoms with Gasteiger partial charge in [-0.3, -0.25) is 4.79 Å². The fourth-order valence-electron chi connectivity index (χ4n) is 3.39. The number of hydrogen-bond acceptors (Lipinski definition) is 3. The molecule has 24 heavy (non-hydrogen) atoms. The summed E-state index contributed by atoms with van der Waals surface area (Å²) in [6.45, 7) is 5.54. The van der Waals surface area contributed by atoms with Crippen LogP contribution in [-0.4, -0.2) is 27.3 Å². The maximum absolute atomic E-state index is 12.8. The van der Waals surface area contributed by atoms with Gasteiger partial charge in [0, 0.05) is 11.1 Å². The van der Waals surface area contributed by atoms with Crippen LogP contribution in [0, 0.1) is 0 Å². The highest BCUT2D eigenvalue weighted by atomic mass is 16.6. The molecular formula is C19H23NO4. The largest absolute Gasteiger partial charge is 0.481 e. The Bertz CT molecular complexity index is 811. The first-order valence-electron chi connectivity index (χ1n) is 8.36. The van der Waals surface area contributed by atoms with Crippen molar-refractivity contribution in [2.75, 3.05) is 0 Å². The van der Waals surface area contributed by atoms with E-state index in [4.69, 9.17) is 9.84 Å². The summed E-state index contributed by atoms with van der Waals surface area (Å²) in [4.78, 5) is 23.8. The smallest absolute Gasteiger partial charge is 0.419 e. The van der Waals surface area contributed by atoms with E-state index in [0.29, 0.717) is 5.56 Å².